The van der Waals surface area contributed by atoms with Crippen molar-refractivity contribution in [3.05, 3.63) is 28.8 Å². The third-order valence-electron chi connectivity index (χ3n) is 3.43. The van der Waals surface area contributed by atoms with Crippen LogP contribution in [-0.4, -0.2) is 32.0 Å². The lowest BCUT2D eigenvalue weighted by atomic mass is 9.85. The van der Waals surface area contributed by atoms with Gasteiger partial charge in [0, 0.05) is 24.4 Å². The maximum absolute atomic E-state index is 6.11. The first-order valence-electron chi connectivity index (χ1n) is 6.32. The van der Waals surface area contributed by atoms with Crippen LogP contribution in [-0.2, 0) is 9.47 Å². The number of rotatable bonds is 5. The lowest BCUT2D eigenvalue weighted by molar-refractivity contribution is -0.118. The van der Waals surface area contributed by atoms with Crippen LogP contribution in [0.1, 0.15) is 18.9 Å². The highest BCUT2D eigenvalue weighted by molar-refractivity contribution is 6.31. The topological polar surface area (TPSA) is 30.5 Å². The van der Waals surface area contributed by atoms with Crippen molar-refractivity contribution < 1.29 is 9.47 Å². The fourth-order valence-corrected chi connectivity index (χ4v) is 2.49. The molecule has 0 heterocycles. The zero-order valence-electron chi connectivity index (χ0n) is 11.1. The molecule has 1 aromatic carbocycles. The van der Waals surface area contributed by atoms with Crippen LogP contribution in [0.25, 0.3) is 0 Å². The van der Waals surface area contributed by atoms with Gasteiger partial charge in [0.1, 0.15) is 6.10 Å². The van der Waals surface area contributed by atoms with E-state index in [1.807, 2.05) is 32.0 Å². The number of aryl methyl sites for hydroxylation is 1. The SMILES string of the molecule is CCOC1CC(Nc2ccc(C)c(Cl)c2)C1OC. The summed E-state index contributed by atoms with van der Waals surface area (Å²) >= 11 is 6.11. The summed E-state index contributed by atoms with van der Waals surface area (Å²) in [7, 11) is 1.73. The fraction of sp³-hybridized carbons (Fsp3) is 0.571. The van der Waals surface area contributed by atoms with Crippen molar-refractivity contribution in [1.82, 2.24) is 0 Å². The molecule has 1 aromatic rings. The molecule has 100 valence electrons. The smallest absolute Gasteiger partial charge is 0.103 e. The first kappa shape index (κ1) is 13.7. The second-order valence-corrected chi connectivity index (χ2v) is 5.05. The van der Waals surface area contributed by atoms with E-state index in [0.29, 0.717) is 6.04 Å². The summed E-state index contributed by atoms with van der Waals surface area (Å²) in [6.07, 6.45) is 1.29. The van der Waals surface area contributed by atoms with E-state index in [2.05, 4.69) is 5.32 Å². The highest BCUT2D eigenvalue weighted by Crippen LogP contribution is 2.30. The Balaban J connectivity index is 1.96. The zero-order valence-corrected chi connectivity index (χ0v) is 11.8. The van der Waals surface area contributed by atoms with Gasteiger partial charge in [-0.1, -0.05) is 17.7 Å². The van der Waals surface area contributed by atoms with Crippen molar-refractivity contribution in [3.63, 3.8) is 0 Å². The molecular weight excluding hydrogens is 250 g/mol. The van der Waals surface area contributed by atoms with E-state index >= 15 is 0 Å². The summed E-state index contributed by atoms with van der Waals surface area (Å²) in [5.74, 6) is 0. The number of nitrogens with one attached hydrogen (secondary N) is 1. The predicted molar refractivity (Wildman–Crippen MR) is 74.4 cm³/mol. The molecule has 0 bridgehead atoms. The van der Waals surface area contributed by atoms with Crippen LogP contribution in [0.2, 0.25) is 5.02 Å². The van der Waals surface area contributed by atoms with Gasteiger partial charge in [-0.05, 0) is 38.0 Å². The molecule has 18 heavy (non-hydrogen) atoms. The molecule has 1 aliphatic rings. The van der Waals surface area contributed by atoms with Crippen molar-refractivity contribution in [2.75, 3.05) is 19.0 Å². The second-order valence-electron chi connectivity index (χ2n) is 4.64. The maximum atomic E-state index is 6.11. The van der Waals surface area contributed by atoms with Crippen LogP contribution in [0.5, 0.6) is 0 Å². The standard InChI is InChI=1S/C14H20ClNO2/c1-4-18-13-8-12(14(13)17-3)16-10-6-5-9(2)11(15)7-10/h5-7,12-14,16H,4,8H2,1-3H3. The minimum atomic E-state index is 0.116. The minimum Gasteiger partial charge on any atom is -0.379 e. The number of halogens is 1. The van der Waals surface area contributed by atoms with Gasteiger partial charge < -0.3 is 14.8 Å². The van der Waals surface area contributed by atoms with Crippen LogP contribution in [0.4, 0.5) is 5.69 Å². The predicted octanol–water partition coefficient (Wildman–Crippen LogP) is 3.25. The van der Waals surface area contributed by atoms with E-state index in [9.17, 15) is 0 Å². The van der Waals surface area contributed by atoms with Crippen molar-refractivity contribution in [2.24, 2.45) is 0 Å². The Morgan fingerprint density at radius 2 is 2.22 bits per heavy atom. The monoisotopic (exact) mass is 269 g/mol. The van der Waals surface area contributed by atoms with Gasteiger partial charge in [0.2, 0.25) is 0 Å². The van der Waals surface area contributed by atoms with E-state index in [-0.39, 0.29) is 12.2 Å². The van der Waals surface area contributed by atoms with Gasteiger partial charge in [0.05, 0.1) is 12.1 Å². The van der Waals surface area contributed by atoms with Gasteiger partial charge in [-0.15, -0.1) is 0 Å². The van der Waals surface area contributed by atoms with E-state index < -0.39 is 0 Å². The molecule has 3 atom stereocenters. The van der Waals surface area contributed by atoms with Gasteiger partial charge in [-0.2, -0.15) is 0 Å². The van der Waals surface area contributed by atoms with E-state index in [1.165, 1.54) is 0 Å². The molecule has 0 saturated heterocycles. The fourth-order valence-electron chi connectivity index (χ4n) is 2.31. The maximum Gasteiger partial charge on any atom is 0.103 e. The molecule has 3 nitrogen and oxygen atoms in total. The van der Waals surface area contributed by atoms with Crippen molar-refractivity contribution in [2.45, 2.75) is 38.5 Å². The first-order valence-corrected chi connectivity index (χ1v) is 6.70. The summed E-state index contributed by atoms with van der Waals surface area (Å²) in [5, 5.41) is 4.23. The molecule has 0 aromatic heterocycles. The summed E-state index contributed by atoms with van der Waals surface area (Å²) in [6.45, 7) is 4.74. The van der Waals surface area contributed by atoms with Gasteiger partial charge >= 0.3 is 0 Å². The highest BCUT2D eigenvalue weighted by Gasteiger charge is 2.42. The van der Waals surface area contributed by atoms with Gasteiger partial charge in [0.25, 0.3) is 0 Å². The second kappa shape index (κ2) is 5.91. The highest BCUT2D eigenvalue weighted by atomic mass is 35.5. The Bertz CT molecular complexity index is 411. The summed E-state index contributed by atoms with van der Waals surface area (Å²) in [5.41, 5.74) is 2.12. The Labute approximate surface area is 113 Å². The molecule has 1 aliphatic carbocycles. The third kappa shape index (κ3) is 2.79. The third-order valence-corrected chi connectivity index (χ3v) is 3.83. The van der Waals surface area contributed by atoms with Gasteiger partial charge in [-0.3, -0.25) is 0 Å². The number of benzene rings is 1. The lowest BCUT2D eigenvalue weighted by Gasteiger charge is -2.43. The average molecular weight is 270 g/mol. The average Bonchev–Trinajstić information content (AvgIpc) is 2.32. The van der Waals surface area contributed by atoms with E-state index in [0.717, 1.165) is 29.3 Å². The number of ether oxygens (including phenoxy) is 2. The van der Waals surface area contributed by atoms with Crippen LogP contribution in [0.3, 0.4) is 0 Å². The van der Waals surface area contributed by atoms with Crippen molar-refractivity contribution in [3.8, 4) is 0 Å². The molecule has 2 rings (SSSR count). The molecule has 0 aliphatic heterocycles. The molecule has 0 radical (unpaired) electrons. The lowest BCUT2D eigenvalue weighted by Crippen LogP contribution is -2.56. The Morgan fingerprint density at radius 3 is 2.83 bits per heavy atom. The molecular formula is C14H20ClNO2. The molecule has 1 saturated carbocycles. The van der Waals surface area contributed by atoms with Gasteiger partial charge in [-0.25, -0.2) is 0 Å². The quantitative estimate of drug-likeness (QED) is 0.890. The number of methoxy groups -OCH3 is 1. The number of hydrogen-bond donors (Lipinski definition) is 1. The van der Waals surface area contributed by atoms with Crippen molar-refractivity contribution >= 4 is 17.3 Å². The molecule has 1 fully saturated rings. The molecule has 0 amide bonds. The molecule has 0 spiro atoms. The first-order chi connectivity index (χ1) is 8.65. The van der Waals surface area contributed by atoms with Crippen molar-refractivity contribution in [1.29, 1.82) is 0 Å². The number of hydrogen-bond acceptors (Lipinski definition) is 3. The molecule has 4 heteroatoms. The number of anilines is 1. The van der Waals surface area contributed by atoms with Crippen LogP contribution in [0.15, 0.2) is 18.2 Å². The minimum absolute atomic E-state index is 0.116. The van der Waals surface area contributed by atoms with Crippen LogP contribution < -0.4 is 5.32 Å². The summed E-state index contributed by atoms with van der Waals surface area (Å²) in [6, 6.07) is 6.32. The largest absolute Gasteiger partial charge is 0.379 e. The Morgan fingerprint density at radius 1 is 1.44 bits per heavy atom. The van der Waals surface area contributed by atoms with E-state index in [4.69, 9.17) is 21.1 Å². The zero-order chi connectivity index (χ0) is 13.1. The van der Waals surface area contributed by atoms with Gasteiger partial charge in [0.15, 0.2) is 0 Å². The van der Waals surface area contributed by atoms with E-state index in [1.54, 1.807) is 7.11 Å². The van der Waals surface area contributed by atoms with Crippen LogP contribution >= 0.6 is 11.6 Å². The molecule has 3 unspecified atom stereocenters. The summed E-state index contributed by atoms with van der Waals surface area (Å²) < 4.78 is 11.1. The van der Waals surface area contributed by atoms with Crippen LogP contribution in [0, 0.1) is 6.92 Å². The summed E-state index contributed by atoms with van der Waals surface area (Å²) in [4.78, 5) is 0. The molecule has 1 N–H and O–H groups in total. The Kier molecular flexibility index (Phi) is 4.49. The normalized spacial score (nSPS) is 26.8. The Hall–Kier alpha value is -0.770.